The first-order valence-corrected chi connectivity index (χ1v) is 4.48. The fourth-order valence-corrected chi connectivity index (χ4v) is 1.17. The molecule has 88 valence electrons. The van der Waals surface area contributed by atoms with Crippen LogP contribution in [0.3, 0.4) is 0 Å². The van der Waals surface area contributed by atoms with Gasteiger partial charge in [-0.25, -0.2) is 14.8 Å². The number of hydrogen-bond donors (Lipinski definition) is 1. The highest BCUT2D eigenvalue weighted by Crippen LogP contribution is 2.19. The molecule has 16 heavy (non-hydrogen) atoms. The minimum atomic E-state index is -4.39. The first kappa shape index (κ1) is 12.4. The Morgan fingerprint density at radius 1 is 1.50 bits per heavy atom. The summed E-state index contributed by atoms with van der Waals surface area (Å²) < 4.78 is 36.1. The van der Waals surface area contributed by atoms with Crippen LogP contribution in [-0.4, -0.2) is 27.2 Å². The number of carbonyl (C=O) groups is 1. The van der Waals surface area contributed by atoms with Crippen molar-refractivity contribution in [3.05, 3.63) is 23.3 Å². The number of alkyl halides is 3. The third-order valence-corrected chi connectivity index (χ3v) is 1.84. The van der Waals surface area contributed by atoms with Crippen LogP contribution in [0.15, 0.2) is 6.20 Å². The van der Waals surface area contributed by atoms with Crippen LogP contribution in [0.5, 0.6) is 0 Å². The molecule has 0 aromatic carbocycles. The minimum Gasteiger partial charge on any atom is -0.478 e. The first-order chi connectivity index (χ1) is 7.33. The Bertz CT molecular complexity index is 404. The van der Waals surface area contributed by atoms with Gasteiger partial charge in [-0.15, -0.1) is 0 Å². The van der Waals surface area contributed by atoms with Crippen molar-refractivity contribution in [2.45, 2.75) is 25.9 Å². The van der Waals surface area contributed by atoms with Crippen LogP contribution in [-0.2, 0) is 12.8 Å². The molecular weight excluding hydrogens is 225 g/mol. The Balaban J connectivity index is 3.05. The van der Waals surface area contributed by atoms with Crippen LogP contribution >= 0.6 is 0 Å². The number of aromatic nitrogens is 2. The molecule has 1 rings (SSSR count). The van der Waals surface area contributed by atoms with Gasteiger partial charge in [-0.3, -0.25) is 0 Å². The molecule has 0 unspecified atom stereocenters. The van der Waals surface area contributed by atoms with E-state index in [0.29, 0.717) is 0 Å². The number of rotatable bonds is 3. The normalized spacial score (nSPS) is 11.5. The monoisotopic (exact) mass is 234 g/mol. The number of aryl methyl sites for hydroxylation is 1. The van der Waals surface area contributed by atoms with E-state index in [9.17, 15) is 18.0 Å². The van der Waals surface area contributed by atoms with Gasteiger partial charge in [-0.05, 0) is 6.42 Å². The zero-order valence-electron chi connectivity index (χ0n) is 8.38. The molecule has 0 aliphatic carbocycles. The van der Waals surface area contributed by atoms with Gasteiger partial charge < -0.3 is 5.11 Å². The second kappa shape index (κ2) is 4.46. The summed E-state index contributed by atoms with van der Waals surface area (Å²) in [6, 6.07) is 0. The van der Waals surface area contributed by atoms with Gasteiger partial charge in [0.1, 0.15) is 12.2 Å². The molecule has 1 aromatic heterocycles. The maximum Gasteiger partial charge on any atom is 0.396 e. The Labute approximate surface area is 89.1 Å². The average Bonchev–Trinajstić information content (AvgIpc) is 2.14. The minimum absolute atomic E-state index is 0.113. The molecular formula is C9H9F3N2O2. The molecule has 0 fully saturated rings. The number of halogens is 3. The second-order valence-corrected chi connectivity index (χ2v) is 3.10. The highest BCUT2D eigenvalue weighted by molar-refractivity contribution is 5.88. The van der Waals surface area contributed by atoms with Gasteiger partial charge in [0.25, 0.3) is 0 Å². The molecule has 0 spiro atoms. The Kier molecular flexibility index (Phi) is 3.46. The summed E-state index contributed by atoms with van der Waals surface area (Å²) in [6.07, 6.45) is -4.49. The van der Waals surface area contributed by atoms with Crippen molar-refractivity contribution in [3.63, 3.8) is 0 Å². The number of nitrogens with zero attached hydrogens (tertiary/aromatic N) is 2. The molecule has 7 heteroatoms. The van der Waals surface area contributed by atoms with Gasteiger partial charge in [0.05, 0.1) is 11.3 Å². The molecule has 0 radical (unpaired) electrons. The van der Waals surface area contributed by atoms with E-state index in [1.807, 2.05) is 0 Å². The highest BCUT2D eigenvalue weighted by Gasteiger charge is 2.29. The van der Waals surface area contributed by atoms with Crippen LogP contribution in [0.2, 0.25) is 0 Å². The molecule has 0 aliphatic rings. The summed E-state index contributed by atoms with van der Waals surface area (Å²) in [6.45, 7) is 1.62. The van der Waals surface area contributed by atoms with Gasteiger partial charge in [0.15, 0.2) is 0 Å². The maximum absolute atomic E-state index is 12.0. The SMILES string of the molecule is CCc1nc(CC(F)(F)F)ncc1C(=O)O. The lowest BCUT2D eigenvalue weighted by atomic mass is 10.2. The molecule has 0 aliphatic heterocycles. The molecule has 1 heterocycles. The van der Waals surface area contributed by atoms with Gasteiger partial charge in [0, 0.05) is 6.20 Å². The van der Waals surface area contributed by atoms with E-state index < -0.39 is 24.4 Å². The standard InChI is InChI=1S/C9H9F3N2O2/c1-2-6-5(8(15)16)4-13-7(14-6)3-9(10,11)12/h4H,2-3H2,1H3,(H,15,16). The van der Waals surface area contributed by atoms with Gasteiger partial charge in [-0.2, -0.15) is 13.2 Å². The highest BCUT2D eigenvalue weighted by atomic mass is 19.4. The number of aromatic carboxylic acids is 1. The van der Waals surface area contributed by atoms with Crippen LogP contribution in [0.25, 0.3) is 0 Å². The van der Waals surface area contributed by atoms with E-state index in [4.69, 9.17) is 5.11 Å². The molecule has 1 aromatic rings. The topological polar surface area (TPSA) is 63.1 Å². The van der Waals surface area contributed by atoms with Gasteiger partial charge >= 0.3 is 12.1 Å². The maximum atomic E-state index is 12.0. The summed E-state index contributed by atoms with van der Waals surface area (Å²) >= 11 is 0. The molecule has 1 N–H and O–H groups in total. The van der Waals surface area contributed by atoms with Crippen LogP contribution < -0.4 is 0 Å². The average molecular weight is 234 g/mol. The predicted octanol–water partition coefficient (Wildman–Crippen LogP) is 1.84. The van der Waals surface area contributed by atoms with Crippen LogP contribution in [0.1, 0.15) is 28.8 Å². The van der Waals surface area contributed by atoms with Crippen molar-refractivity contribution in [2.24, 2.45) is 0 Å². The fraction of sp³-hybridized carbons (Fsp3) is 0.444. The van der Waals surface area contributed by atoms with E-state index >= 15 is 0 Å². The van der Waals surface area contributed by atoms with Gasteiger partial charge in [0.2, 0.25) is 0 Å². The van der Waals surface area contributed by atoms with E-state index in [0.717, 1.165) is 6.20 Å². The lowest BCUT2D eigenvalue weighted by Gasteiger charge is -2.07. The summed E-state index contributed by atoms with van der Waals surface area (Å²) in [4.78, 5) is 17.6. The predicted molar refractivity (Wildman–Crippen MR) is 48.1 cm³/mol. The molecule has 0 atom stereocenters. The van der Waals surface area contributed by atoms with Crippen LogP contribution in [0.4, 0.5) is 13.2 Å². The van der Waals surface area contributed by atoms with Crippen molar-refractivity contribution < 1.29 is 23.1 Å². The Morgan fingerprint density at radius 3 is 2.56 bits per heavy atom. The summed E-state index contributed by atoms with van der Waals surface area (Å²) in [5.41, 5.74) is -0.0461. The Hall–Kier alpha value is -1.66. The fourth-order valence-electron chi connectivity index (χ4n) is 1.17. The lowest BCUT2D eigenvalue weighted by molar-refractivity contribution is -0.128. The smallest absolute Gasteiger partial charge is 0.396 e. The number of carboxylic acid groups (broad SMARTS) is 1. The zero-order valence-corrected chi connectivity index (χ0v) is 8.38. The summed E-state index contributed by atoms with van der Waals surface area (Å²) in [7, 11) is 0. The number of carboxylic acids is 1. The van der Waals surface area contributed by atoms with Crippen molar-refractivity contribution in [3.8, 4) is 0 Å². The third kappa shape index (κ3) is 3.18. The van der Waals surface area contributed by atoms with Gasteiger partial charge in [-0.1, -0.05) is 6.92 Å². The van der Waals surface area contributed by atoms with E-state index in [1.54, 1.807) is 6.92 Å². The van der Waals surface area contributed by atoms with E-state index in [1.165, 1.54) is 0 Å². The van der Waals surface area contributed by atoms with Crippen molar-refractivity contribution >= 4 is 5.97 Å². The van der Waals surface area contributed by atoms with Crippen LogP contribution in [0, 0.1) is 0 Å². The molecule has 4 nitrogen and oxygen atoms in total. The summed E-state index contributed by atoms with van der Waals surface area (Å²) in [5, 5.41) is 8.72. The first-order valence-electron chi connectivity index (χ1n) is 4.48. The van der Waals surface area contributed by atoms with Crippen molar-refractivity contribution in [2.75, 3.05) is 0 Å². The Morgan fingerprint density at radius 2 is 2.12 bits per heavy atom. The lowest BCUT2D eigenvalue weighted by Crippen LogP contribution is -2.16. The largest absolute Gasteiger partial charge is 0.478 e. The third-order valence-electron chi connectivity index (χ3n) is 1.84. The summed E-state index contributed by atoms with van der Waals surface area (Å²) in [5.74, 6) is -1.65. The van der Waals surface area contributed by atoms with E-state index in [2.05, 4.69) is 9.97 Å². The quantitative estimate of drug-likeness (QED) is 0.866. The van der Waals surface area contributed by atoms with E-state index in [-0.39, 0.29) is 17.7 Å². The molecule has 0 saturated heterocycles. The molecule has 0 bridgehead atoms. The van der Waals surface area contributed by atoms with Crippen molar-refractivity contribution in [1.29, 1.82) is 0 Å². The second-order valence-electron chi connectivity index (χ2n) is 3.10. The molecule has 0 saturated carbocycles. The zero-order chi connectivity index (χ0) is 12.3. The number of hydrogen-bond acceptors (Lipinski definition) is 3. The van der Waals surface area contributed by atoms with Crippen molar-refractivity contribution in [1.82, 2.24) is 9.97 Å². The molecule has 0 amide bonds.